The summed E-state index contributed by atoms with van der Waals surface area (Å²) in [5.74, 6) is 2.03. The normalized spacial score (nSPS) is 10.9. The number of nitrogens with zero attached hydrogens (tertiary/aromatic N) is 3. The minimum Gasteiger partial charge on any atom is -0.460 e. The predicted molar refractivity (Wildman–Crippen MR) is 131 cm³/mol. The maximum atomic E-state index is 5.89. The zero-order valence-electron chi connectivity index (χ0n) is 18.3. The fourth-order valence-corrected chi connectivity index (χ4v) is 4.13. The Hall–Kier alpha value is -3.75. The Bertz CT molecular complexity index is 1610. The summed E-state index contributed by atoms with van der Waals surface area (Å²) in [6.07, 6.45) is 1.71. The number of para-hydroxylation sites is 1. The van der Waals surface area contributed by atoms with Gasteiger partial charge in [0, 0.05) is 29.2 Å². The van der Waals surface area contributed by atoms with Crippen LogP contribution in [0.5, 0.6) is 11.6 Å². The van der Waals surface area contributed by atoms with Crippen molar-refractivity contribution in [3.63, 3.8) is 0 Å². The molecule has 0 saturated carbocycles. The Morgan fingerprint density at radius 1 is 0.735 bits per heavy atom. The molecule has 0 radical (unpaired) electrons. The molecule has 0 spiro atoms. The minimum absolute atomic E-state index is 0. The van der Waals surface area contributed by atoms with Crippen molar-refractivity contribution in [2.75, 3.05) is 0 Å². The Labute approximate surface area is 212 Å². The molecule has 166 valence electrons. The maximum absolute atomic E-state index is 5.89. The van der Waals surface area contributed by atoms with Crippen LogP contribution in [0.3, 0.4) is 0 Å². The van der Waals surface area contributed by atoms with Gasteiger partial charge in [0.25, 0.3) is 0 Å². The first-order valence-electron chi connectivity index (χ1n) is 10.8. The van der Waals surface area contributed by atoms with Crippen LogP contribution < -0.4 is 4.74 Å². The van der Waals surface area contributed by atoms with Crippen molar-refractivity contribution in [1.29, 1.82) is 0 Å². The summed E-state index contributed by atoms with van der Waals surface area (Å²) in [4.78, 5) is 9.02. The Kier molecular flexibility index (Phi) is 6.00. The molecule has 3 aromatic heterocycles. The van der Waals surface area contributed by atoms with Crippen LogP contribution >= 0.6 is 0 Å². The summed E-state index contributed by atoms with van der Waals surface area (Å²) in [6.45, 7) is 2.01. The van der Waals surface area contributed by atoms with Crippen molar-refractivity contribution < 1.29 is 25.8 Å². The fourth-order valence-electron chi connectivity index (χ4n) is 4.13. The first kappa shape index (κ1) is 22.1. The van der Waals surface area contributed by atoms with Crippen LogP contribution in [0.4, 0.5) is 0 Å². The molecule has 3 heterocycles. The number of aromatic nitrogens is 3. The van der Waals surface area contributed by atoms with E-state index in [2.05, 4.69) is 58.1 Å². The molecule has 0 bridgehead atoms. The minimum atomic E-state index is 0. The number of aryl methyl sites for hydroxylation is 1. The van der Waals surface area contributed by atoms with Crippen molar-refractivity contribution in [3.05, 3.63) is 115 Å². The van der Waals surface area contributed by atoms with Crippen molar-refractivity contribution in [1.82, 2.24) is 14.5 Å². The molecular weight excluding hydrogens is 601 g/mol. The zero-order valence-corrected chi connectivity index (χ0v) is 20.6. The molecule has 6 aromatic rings. The number of ether oxygens (including phenoxy) is 1. The van der Waals surface area contributed by atoms with Crippen molar-refractivity contribution in [2.24, 2.45) is 0 Å². The number of hydrogen-bond donors (Lipinski definition) is 0. The third kappa shape index (κ3) is 4.02. The van der Waals surface area contributed by atoms with E-state index in [0.29, 0.717) is 11.6 Å². The van der Waals surface area contributed by atoms with Gasteiger partial charge in [-0.15, -0.1) is 18.2 Å². The zero-order chi connectivity index (χ0) is 22.2. The van der Waals surface area contributed by atoms with E-state index in [0.717, 1.165) is 39.1 Å². The Morgan fingerprint density at radius 2 is 1.56 bits per heavy atom. The molecular formula is C29H19N3OPt. The first-order chi connectivity index (χ1) is 16.3. The Morgan fingerprint density at radius 3 is 2.41 bits per heavy atom. The van der Waals surface area contributed by atoms with E-state index < -0.39 is 0 Å². The summed E-state index contributed by atoms with van der Waals surface area (Å²) in [5, 5.41) is 2.31. The molecule has 0 amide bonds. The number of benzene rings is 3. The number of pyridine rings is 2. The molecule has 0 N–H and O–H groups in total. The third-order valence-corrected chi connectivity index (χ3v) is 5.60. The van der Waals surface area contributed by atoms with E-state index in [1.165, 1.54) is 5.39 Å². The van der Waals surface area contributed by atoms with Gasteiger partial charge in [-0.05, 0) is 42.1 Å². The van der Waals surface area contributed by atoms with Gasteiger partial charge in [-0.2, -0.15) is 24.3 Å². The van der Waals surface area contributed by atoms with Crippen LogP contribution in [0.2, 0.25) is 0 Å². The average molecular weight is 621 g/mol. The van der Waals surface area contributed by atoms with E-state index in [4.69, 9.17) is 9.72 Å². The number of hydrogen-bond acceptors (Lipinski definition) is 3. The molecule has 0 aliphatic rings. The predicted octanol–water partition coefficient (Wildman–Crippen LogP) is 6.94. The van der Waals surface area contributed by atoms with Gasteiger partial charge in [-0.25, -0.2) is 21.1 Å². The molecule has 6 rings (SSSR count). The van der Waals surface area contributed by atoms with Crippen molar-refractivity contribution in [2.45, 2.75) is 6.92 Å². The maximum Gasteiger partial charge on any atom is 2.00 e. The van der Waals surface area contributed by atoms with Crippen LogP contribution in [-0.4, -0.2) is 14.5 Å². The largest absolute Gasteiger partial charge is 2.00 e. The topological polar surface area (TPSA) is 39.9 Å². The van der Waals surface area contributed by atoms with E-state index >= 15 is 0 Å². The second-order valence-corrected chi connectivity index (χ2v) is 7.82. The monoisotopic (exact) mass is 620 g/mol. The molecule has 0 aliphatic carbocycles. The van der Waals surface area contributed by atoms with E-state index in [9.17, 15) is 0 Å². The van der Waals surface area contributed by atoms with Crippen LogP contribution in [0, 0.1) is 19.1 Å². The van der Waals surface area contributed by atoms with Crippen LogP contribution in [0.1, 0.15) is 5.69 Å². The molecule has 0 saturated heterocycles. The molecule has 0 aliphatic heterocycles. The summed E-state index contributed by atoms with van der Waals surface area (Å²) in [7, 11) is 0. The number of rotatable bonds is 4. The second-order valence-electron chi connectivity index (χ2n) is 7.82. The molecule has 0 fully saturated rings. The quantitative estimate of drug-likeness (QED) is 0.201. The van der Waals surface area contributed by atoms with Gasteiger partial charge in [0.1, 0.15) is 5.82 Å². The smallest absolute Gasteiger partial charge is 0.460 e. The molecule has 34 heavy (non-hydrogen) atoms. The second kappa shape index (κ2) is 9.24. The summed E-state index contributed by atoms with van der Waals surface area (Å²) in [6, 6.07) is 37.1. The van der Waals surface area contributed by atoms with E-state index in [1.807, 2.05) is 61.5 Å². The number of fused-ring (bicyclic) bond motifs is 3. The van der Waals surface area contributed by atoms with Crippen LogP contribution in [0.25, 0.3) is 38.8 Å². The van der Waals surface area contributed by atoms with Gasteiger partial charge in [-0.3, -0.25) is 0 Å². The van der Waals surface area contributed by atoms with Crippen LogP contribution in [-0.2, 0) is 21.1 Å². The summed E-state index contributed by atoms with van der Waals surface area (Å²) < 4.78 is 8.06. The average Bonchev–Trinajstić information content (AvgIpc) is 3.18. The first-order valence-corrected chi connectivity index (χ1v) is 10.8. The van der Waals surface area contributed by atoms with Gasteiger partial charge in [0.05, 0.1) is 0 Å². The van der Waals surface area contributed by atoms with Gasteiger partial charge < -0.3 is 9.30 Å². The molecule has 0 atom stereocenters. The van der Waals surface area contributed by atoms with Crippen LogP contribution in [0.15, 0.2) is 97.2 Å². The molecule has 5 heteroatoms. The molecule has 4 nitrogen and oxygen atoms in total. The third-order valence-electron chi connectivity index (χ3n) is 5.60. The summed E-state index contributed by atoms with van der Waals surface area (Å²) in [5.41, 5.74) is 4.90. The standard InChI is InChI=1S/C29H19N3O.Pt/c1-20-8-6-13-28(31-20)32-26-12-3-2-11-24(26)25-16-15-22(19-27(25)32)21-9-7-10-23(18-21)33-29-14-4-5-17-30-29;/h2-17H,1H3;/q-2;+2. The van der Waals surface area contributed by atoms with E-state index in [-0.39, 0.29) is 21.1 Å². The van der Waals surface area contributed by atoms with Gasteiger partial charge in [0.15, 0.2) is 0 Å². The van der Waals surface area contributed by atoms with E-state index in [1.54, 1.807) is 6.20 Å². The molecule has 3 aromatic carbocycles. The van der Waals surface area contributed by atoms with Gasteiger partial charge in [-0.1, -0.05) is 35.7 Å². The molecule has 0 unspecified atom stereocenters. The Balaban J connectivity index is 0.00000241. The SMILES string of the molecule is Cc1cccc(-n2c3[c-]c(-c4[c-]c(Oc5ccccn5)ccc4)ccc3c3ccccc32)n1.[Pt+2]. The summed E-state index contributed by atoms with van der Waals surface area (Å²) >= 11 is 0. The fraction of sp³-hybridized carbons (Fsp3) is 0.0345. The van der Waals surface area contributed by atoms with Gasteiger partial charge in [0.2, 0.25) is 5.88 Å². The van der Waals surface area contributed by atoms with Crippen molar-refractivity contribution in [3.8, 4) is 28.6 Å². The van der Waals surface area contributed by atoms with Crippen molar-refractivity contribution >= 4 is 21.8 Å². The van der Waals surface area contributed by atoms with Gasteiger partial charge >= 0.3 is 21.1 Å².